The molecule has 2 aromatic rings. The van der Waals surface area contributed by atoms with Crippen LogP contribution in [0, 0.1) is 0 Å². The molecular formula is C18H22N6O2. The summed E-state index contributed by atoms with van der Waals surface area (Å²) in [6.45, 7) is 1.88. The van der Waals surface area contributed by atoms with E-state index in [1.807, 2.05) is 0 Å². The first kappa shape index (κ1) is 16.7. The molecule has 1 aromatic heterocycles. The zero-order valence-electron chi connectivity index (χ0n) is 14.4. The Morgan fingerprint density at radius 1 is 1.08 bits per heavy atom. The Kier molecular flexibility index (Phi) is 4.66. The number of nitrogens with zero attached hydrogens (tertiary/aromatic N) is 3. The summed E-state index contributed by atoms with van der Waals surface area (Å²) in [5.41, 5.74) is 1.19. The number of aromatic nitrogens is 3. The number of anilines is 1. The number of carbonyl (C=O) groups excluding carboxylic acids is 2. The van der Waals surface area contributed by atoms with Crippen LogP contribution in [-0.2, 0) is 0 Å². The van der Waals surface area contributed by atoms with Crippen molar-refractivity contribution in [1.82, 2.24) is 25.6 Å². The Morgan fingerprint density at radius 3 is 2.62 bits per heavy atom. The highest BCUT2D eigenvalue weighted by atomic mass is 16.2. The van der Waals surface area contributed by atoms with Crippen molar-refractivity contribution in [2.75, 3.05) is 18.4 Å². The van der Waals surface area contributed by atoms with Crippen LogP contribution in [0.1, 0.15) is 52.6 Å². The highest BCUT2D eigenvalue weighted by molar-refractivity contribution is 6.08. The van der Waals surface area contributed by atoms with Gasteiger partial charge in [-0.3, -0.25) is 9.59 Å². The molecule has 0 radical (unpaired) electrons. The molecule has 3 N–H and O–H groups in total. The van der Waals surface area contributed by atoms with Crippen LogP contribution >= 0.6 is 0 Å². The van der Waals surface area contributed by atoms with Crippen molar-refractivity contribution in [3.8, 4) is 0 Å². The third-order valence-electron chi connectivity index (χ3n) is 4.76. The molecule has 1 saturated heterocycles. The first-order chi connectivity index (χ1) is 12.7. The lowest BCUT2D eigenvalue weighted by atomic mass is 10.1. The molecule has 26 heavy (non-hydrogen) atoms. The van der Waals surface area contributed by atoms with Gasteiger partial charge in [-0.2, -0.15) is 0 Å². The monoisotopic (exact) mass is 354 g/mol. The topological polar surface area (TPSA) is 101 Å². The summed E-state index contributed by atoms with van der Waals surface area (Å²) in [5.74, 6) is -0.529. The summed E-state index contributed by atoms with van der Waals surface area (Å²) in [5, 5.41) is 17.1. The van der Waals surface area contributed by atoms with Crippen LogP contribution < -0.4 is 16.0 Å². The van der Waals surface area contributed by atoms with Gasteiger partial charge < -0.3 is 16.0 Å². The molecule has 0 spiro atoms. The molecule has 2 heterocycles. The summed E-state index contributed by atoms with van der Waals surface area (Å²) in [4.78, 5) is 24.9. The second-order valence-corrected chi connectivity index (χ2v) is 6.81. The van der Waals surface area contributed by atoms with Crippen molar-refractivity contribution in [1.29, 1.82) is 0 Å². The van der Waals surface area contributed by atoms with E-state index in [0.29, 0.717) is 11.3 Å². The maximum Gasteiger partial charge on any atom is 0.277 e. The molecular weight excluding hydrogens is 332 g/mol. The third-order valence-corrected chi connectivity index (χ3v) is 4.76. The van der Waals surface area contributed by atoms with Crippen LogP contribution in [0.15, 0.2) is 30.5 Å². The van der Waals surface area contributed by atoms with E-state index in [4.69, 9.17) is 0 Å². The summed E-state index contributed by atoms with van der Waals surface area (Å²) in [7, 11) is 0. The van der Waals surface area contributed by atoms with Crippen molar-refractivity contribution in [3.63, 3.8) is 0 Å². The second-order valence-electron chi connectivity index (χ2n) is 6.81. The average molecular weight is 354 g/mol. The minimum atomic E-state index is -0.364. The van der Waals surface area contributed by atoms with E-state index in [0.717, 1.165) is 38.8 Å². The molecule has 4 rings (SSSR count). The predicted molar refractivity (Wildman–Crippen MR) is 96.0 cm³/mol. The maximum absolute atomic E-state index is 12.5. The molecule has 2 fully saturated rings. The molecule has 0 unspecified atom stereocenters. The van der Waals surface area contributed by atoms with Gasteiger partial charge in [0.05, 0.1) is 23.5 Å². The third kappa shape index (κ3) is 3.75. The van der Waals surface area contributed by atoms with Crippen molar-refractivity contribution < 1.29 is 9.59 Å². The second kappa shape index (κ2) is 7.25. The highest BCUT2D eigenvalue weighted by Crippen LogP contribution is 2.22. The van der Waals surface area contributed by atoms with Crippen LogP contribution in [0.3, 0.4) is 0 Å². The molecule has 8 heteroatoms. The molecule has 2 aliphatic rings. The van der Waals surface area contributed by atoms with E-state index < -0.39 is 0 Å². The van der Waals surface area contributed by atoms with Crippen LogP contribution in [0.2, 0.25) is 0 Å². The number of para-hydroxylation sites is 1. The van der Waals surface area contributed by atoms with E-state index in [-0.39, 0.29) is 29.6 Å². The zero-order chi connectivity index (χ0) is 17.9. The van der Waals surface area contributed by atoms with Gasteiger partial charge in [0.15, 0.2) is 5.69 Å². The standard InChI is InChI=1S/C18H22N6O2/c25-17(20-12-5-6-12)14-3-1-2-4-15(14)21-18(26)16-11-24(23-22-16)13-7-9-19-10-8-13/h1-4,11-13,19H,5-10H2,(H,20,25)(H,21,26). The van der Waals surface area contributed by atoms with Crippen LogP contribution in [0.25, 0.3) is 0 Å². The summed E-state index contributed by atoms with van der Waals surface area (Å²) < 4.78 is 1.77. The molecule has 1 aliphatic heterocycles. The smallest absolute Gasteiger partial charge is 0.277 e. The van der Waals surface area contributed by atoms with Gasteiger partial charge in [0.2, 0.25) is 0 Å². The molecule has 0 atom stereocenters. The van der Waals surface area contributed by atoms with Gasteiger partial charge in [0.1, 0.15) is 0 Å². The van der Waals surface area contributed by atoms with E-state index in [2.05, 4.69) is 26.3 Å². The van der Waals surface area contributed by atoms with Crippen molar-refractivity contribution >= 4 is 17.5 Å². The van der Waals surface area contributed by atoms with Gasteiger partial charge in [-0.1, -0.05) is 17.3 Å². The zero-order valence-corrected chi connectivity index (χ0v) is 14.4. The van der Waals surface area contributed by atoms with Gasteiger partial charge in [0, 0.05) is 6.04 Å². The fraction of sp³-hybridized carbons (Fsp3) is 0.444. The Morgan fingerprint density at radius 2 is 1.85 bits per heavy atom. The summed E-state index contributed by atoms with van der Waals surface area (Å²) in [6, 6.07) is 7.52. The number of benzene rings is 1. The highest BCUT2D eigenvalue weighted by Gasteiger charge is 2.25. The molecule has 8 nitrogen and oxygen atoms in total. The molecule has 136 valence electrons. The van der Waals surface area contributed by atoms with Crippen molar-refractivity contribution in [2.24, 2.45) is 0 Å². The lowest BCUT2D eigenvalue weighted by Gasteiger charge is -2.22. The molecule has 2 amide bonds. The minimum Gasteiger partial charge on any atom is -0.349 e. The number of nitrogens with one attached hydrogen (secondary N) is 3. The molecule has 0 bridgehead atoms. The summed E-state index contributed by atoms with van der Waals surface area (Å²) >= 11 is 0. The van der Waals surface area contributed by atoms with E-state index in [1.165, 1.54) is 0 Å². The van der Waals surface area contributed by atoms with E-state index >= 15 is 0 Å². The maximum atomic E-state index is 12.5. The summed E-state index contributed by atoms with van der Waals surface area (Å²) in [6.07, 6.45) is 5.64. The Hall–Kier alpha value is -2.74. The van der Waals surface area contributed by atoms with Gasteiger partial charge in [-0.15, -0.1) is 5.10 Å². The van der Waals surface area contributed by atoms with Gasteiger partial charge >= 0.3 is 0 Å². The Bertz CT molecular complexity index is 808. The van der Waals surface area contributed by atoms with Gasteiger partial charge in [-0.05, 0) is 50.9 Å². The minimum absolute atomic E-state index is 0.165. The van der Waals surface area contributed by atoms with Crippen LogP contribution in [0.4, 0.5) is 5.69 Å². The molecule has 1 aliphatic carbocycles. The fourth-order valence-corrected chi connectivity index (χ4v) is 3.10. The predicted octanol–water partition coefficient (Wildman–Crippen LogP) is 1.35. The van der Waals surface area contributed by atoms with E-state index in [9.17, 15) is 9.59 Å². The van der Waals surface area contributed by atoms with Crippen molar-refractivity contribution in [2.45, 2.75) is 37.8 Å². The molecule has 1 saturated carbocycles. The number of hydrogen-bond acceptors (Lipinski definition) is 5. The van der Waals surface area contributed by atoms with Gasteiger partial charge in [-0.25, -0.2) is 4.68 Å². The van der Waals surface area contributed by atoms with Crippen molar-refractivity contribution in [3.05, 3.63) is 41.7 Å². The number of rotatable bonds is 5. The number of hydrogen-bond donors (Lipinski definition) is 3. The first-order valence-electron chi connectivity index (χ1n) is 9.04. The average Bonchev–Trinajstić information content (AvgIpc) is 3.34. The lowest BCUT2D eigenvalue weighted by Crippen LogP contribution is -2.29. The number of amides is 2. The Balaban J connectivity index is 1.46. The number of carbonyl (C=O) groups is 2. The van der Waals surface area contributed by atoms with Crippen LogP contribution in [0.5, 0.6) is 0 Å². The quantitative estimate of drug-likeness (QED) is 0.752. The SMILES string of the molecule is O=C(Nc1ccccc1C(=O)NC1CC1)c1cn(C2CCNCC2)nn1. The lowest BCUT2D eigenvalue weighted by molar-refractivity contribution is 0.0952. The first-order valence-corrected chi connectivity index (χ1v) is 9.04. The van der Waals surface area contributed by atoms with E-state index in [1.54, 1.807) is 35.1 Å². The molecule has 1 aromatic carbocycles. The van der Waals surface area contributed by atoms with Gasteiger partial charge in [0.25, 0.3) is 11.8 Å². The van der Waals surface area contributed by atoms with Crippen LogP contribution in [-0.4, -0.2) is 45.9 Å². The Labute approximate surface area is 151 Å². The fourth-order valence-electron chi connectivity index (χ4n) is 3.10. The normalized spacial score (nSPS) is 17.7. The largest absolute Gasteiger partial charge is 0.349 e. The number of piperidine rings is 1.